The van der Waals surface area contributed by atoms with Gasteiger partial charge in [-0.05, 0) is 31.2 Å². The summed E-state index contributed by atoms with van der Waals surface area (Å²) in [6.45, 7) is 8.50. The number of aliphatic imine (C=N–C) groups is 1. The molecule has 1 heterocycles. The lowest BCUT2D eigenvalue weighted by molar-refractivity contribution is 0.470. The Morgan fingerprint density at radius 1 is 1.58 bits per heavy atom. The third-order valence-electron chi connectivity index (χ3n) is 2.56. The molecule has 0 unspecified atom stereocenters. The Morgan fingerprint density at radius 2 is 2.37 bits per heavy atom. The second-order valence-electron chi connectivity index (χ2n) is 4.10. The van der Waals surface area contributed by atoms with E-state index in [1.165, 1.54) is 4.88 Å². The average molecular weight is 393 g/mol. The van der Waals surface area contributed by atoms with Crippen molar-refractivity contribution in [3.8, 4) is 0 Å². The van der Waals surface area contributed by atoms with Gasteiger partial charge in [0, 0.05) is 25.0 Å². The molecule has 1 aromatic heterocycles. The molecule has 0 aromatic carbocycles. The molecule has 0 spiro atoms. The van der Waals surface area contributed by atoms with Crippen LogP contribution in [-0.2, 0) is 6.54 Å². The van der Waals surface area contributed by atoms with Gasteiger partial charge in [-0.3, -0.25) is 0 Å². The van der Waals surface area contributed by atoms with Crippen LogP contribution in [0.25, 0.3) is 0 Å². The van der Waals surface area contributed by atoms with Gasteiger partial charge in [-0.2, -0.15) is 0 Å². The molecular weight excluding hydrogens is 369 g/mol. The van der Waals surface area contributed by atoms with Gasteiger partial charge in [0.2, 0.25) is 0 Å². The summed E-state index contributed by atoms with van der Waals surface area (Å²) < 4.78 is 0. The number of rotatable bonds is 7. The zero-order valence-electron chi connectivity index (χ0n) is 11.8. The van der Waals surface area contributed by atoms with Crippen LogP contribution in [0, 0.1) is 0 Å². The molecule has 108 valence electrons. The highest BCUT2D eigenvalue weighted by Gasteiger charge is 2.04. The van der Waals surface area contributed by atoms with Crippen molar-refractivity contribution in [2.75, 3.05) is 20.1 Å². The molecule has 0 bridgehead atoms. The molecule has 0 radical (unpaired) electrons. The van der Waals surface area contributed by atoms with Crippen molar-refractivity contribution in [2.45, 2.75) is 26.3 Å². The Labute approximate surface area is 137 Å². The van der Waals surface area contributed by atoms with E-state index in [0.29, 0.717) is 0 Å². The van der Waals surface area contributed by atoms with E-state index in [2.05, 4.69) is 53.3 Å². The highest BCUT2D eigenvalue weighted by atomic mass is 127. The lowest BCUT2D eigenvalue weighted by atomic mass is 10.3. The van der Waals surface area contributed by atoms with Crippen molar-refractivity contribution in [2.24, 2.45) is 4.99 Å². The second-order valence-corrected chi connectivity index (χ2v) is 5.13. The number of unbranched alkanes of at least 4 members (excludes halogenated alkanes) is 1. The maximum Gasteiger partial charge on any atom is 0.194 e. The molecule has 1 N–H and O–H groups in total. The summed E-state index contributed by atoms with van der Waals surface area (Å²) in [6.07, 6.45) is 4.13. The number of thiophene rings is 1. The van der Waals surface area contributed by atoms with Crippen molar-refractivity contribution >= 4 is 41.3 Å². The lowest BCUT2D eigenvalue weighted by Gasteiger charge is -2.21. The first-order valence-electron chi connectivity index (χ1n) is 6.40. The van der Waals surface area contributed by atoms with Crippen LogP contribution >= 0.6 is 35.3 Å². The van der Waals surface area contributed by atoms with Crippen LogP contribution in [-0.4, -0.2) is 31.0 Å². The van der Waals surface area contributed by atoms with E-state index in [1.54, 1.807) is 11.3 Å². The van der Waals surface area contributed by atoms with Crippen LogP contribution in [0.5, 0.6) is 0 Å². The van der Waals surface area contributed by atoms with E-state index in [9.17, 15) is 0 Å². The number of halogens is 1. The largest absolute Gasteiger partial charge is 0.357 e. The fraction of sp³-hybridized carbons (Fsp3) is 0.500. The SMILES string of the molecule is C=CCCCN(C)C(=NCc1cccs1)NCC.I. The molecule has 19 heavy (non-hydrogen) atoms. The average Bonchev–Trinajstić information content (AvgIpc) is 2.87. The molecule has 0 aliphatic carbocycles. The molecular formula is C14H24IN3S. The van der Waals surface area contributed by atoms with Gasteiger partial charge >= 0.3 is 0 Å². The van der Waals surface area contributed by atoms with Crippen molar-refractivity contribution in [3.63, 3.8) is 0 Å². The first kappa shape index (κ1) is 18.4. The monoisotopic (exact) mass is 393 g/mol. The standard InChI is InChI=1S/C14H23N3S.HI/c1-4-6-7-10-17(3)14(15-5-2)16-12-13-9-8-11-18-13;/h4,8-9,11H,1,5-7,10,12H2,2-3H3,(H,15,16);1H. The number of guanidine groups is 1. The second kappa shape index (κ2) is 11.3. The van der Waals surface area contributed by atoms with E-state index >= 15 is 0 Å². The minimum atomic E-state index is 0. The molecule has 3 nitrogen and oxygen atoms in total. The Balaban J connectivity index is 0.00000324. The zero-order chi connectivity index (χ0) is 13.2. The fourth-order valence-corrected chi connectivity index (χ4v) is 2.23. The van der Waals surface area contributed by atoms with Gasteiger partial charge in [0.1, 0.15) is 0 Å². The quantitative estimate of drug-likeness (QED) is 0.251. The van der Waals surface area contributed by atoms with Gasteiger partial charge in [-0.25, -0.2) is 4.99 Å². The molecule has 5 heteroatoms. The minimum Gasteiger partial charge on any atom is -0.357 e. The summed E-state index contributed by atoms with van der Waals surface area (Å²) in [4.78, 5) is 8.13. The minimum absolute atomic E-state index is 0. The molecule has 1 rings (SSSR count). The first-order valence-corrected chi connectivity index (χ1v) is 7.28. The summed E-state index contributed by atoms with van der Waals surface area (Å²) in [5.74, 6) is 0.981. The maximum atomic E-state index is 4.65. The molecule has 0 saturated carbocycles. The van der Waals surface area contributed by atoms with Crippen LogP contribution < -0.4 is 5.32 Å². The van der Waals surface area contributed by atoms with Gasteiger partial charge < -0.3 is 10.2 Å². The maximum absolute atomic E-state index is 4.65. The molecule has 0 aliphatic rings. The van der Waals surface area contributed by atoms with Crippen LogP contribution in [0.15, 0.2) is 35.2 Å². The van der Waals surface area contributed by atoms with Crippen molar-refractivity contribution in [1.82, 2.24) is 10.2 Å². The van der Waals surface area contributed by atoms with Crippen LogP contribution in [0.1, 0.15) is 24.6 Å². The molecule has 0 amide bonds. The predicted molar refractivity (Wildman–Crippen MR) is 96.6 cm³/mol. The van der Waals surface area contributed by atoms with Gasteiger partial charge in [0.25, 0.3) is 0 Å². The zero-order valence-corrected chi connectivity index (χ0v) is 14.9. The van der Waals surface area contributed by atoms with E-state index in [4.69, 9.17) is 0 Å². The molecule has 0 fully saturated rings. The molecule has 0 saturated heterocycles. The molecule has 0 atom stereocenters. The van der Waals surface area contributed by atoms with E-state index in [0.717, 1.165) is 38.4 Å². The van der Waals surface area contributed by atoms with Crippen molar-refractivity contribution in [3.05, 3.63) is 35.0 Å². The number of nitrogens with zero attached hydrogens (tertiary/aromatic N) is 2. The van der Waals surface area contributed by atoms with Gasteiger partial charge in [0.15, 0.2) is 5.96 Å². The highest BCUT2D eigenvalue weighted by molar-refractivity contribution is 14.0. The van der Waals surface area contributed by atoms with Crippen LogP contribution in [0.4, 0.5) is 0 Å². The summed E-state index contributed by atoms with van der Waals surface area (Å²) in [6, 6.07) is 4.19. The smallest absolute Gasteiger partial charge is 0.194 e. The summed E-state index contributed by atoms with van der Waals surface area (Å²) in [7, 11) is 2.08. The van der Waals surface area contributed by atoms with Gasteiger partial charge in [-0.15, -0.1) is 41.9 Å². The van der Waals surface area contributed by atoms with E-state index in [1.807, 2.05) is 6.08 Å². The van der Waals surface area contributed by atoms with E-state index < -0.39 is 0 Å². The van der Waals surface area contributed by atoms with Crippen LogP contribution in [0.3, 0.4) is 0 Å². The Kier molecular flexibility index (Phi) is 10.9. The third kappa shape index (κ3) is 7.57. The Hall–Kier alpha value is -0.560. The topological polar surface area (TPSA) is 27.6 Å². The summed E-state index contributed by atoms with van der Waals surface area (Å²) in [5.41, 5.74) is 0. The molecule has 1 aromatic rings. The highest BCUT2D eigenvalue weighted by Crippen LogP contribution is 2.09. The normalized spacial score (nSPS) is 10.7. The summed E-state index contributed by atoms with van der Waals surface area (Å²) in [5, 5.41) is 5.42. The predicted octanol–water partition coefficient (Wildman–Crippen LogP) is 3.73. The number of allylic oxidation sites excluding steroid dienone is 1. The van der Waals surface area contributed by atoms with Crippen molar-refractivity contribution in [1.29, 1.82) is 0 Å². The Bertz CT molecular complexity index is 363. The number of hydrogen-bond donors (Lipinski definition) is 1. The Morgan fingerprint density at radius 3 is 2.95 bits per heavy atom. The van der Waals surface area contributed by atoms with E-state index in [-0.39, 0.29) is 24.0 Å². The third-order valence-corrected chi connectivity index (χ3v) is 3.42. The first-order chi connectivity index (χ1) is 8.77. The van der Waals surface area contributed by atoms with Gasteiger partial charge in [0.05, 0.1) is 6.54 Å². The van der Waals surface area contributed by atoms with Gasteiger partial charge in [-0.1, -0.05) is 12.1 Å². The molecule has 0 aliphatic heterocycles. The number of hydrogen-bond acceptors (Lipinski definition) is 2. The van der Waals surface area contributed by atoms with Crippen molar-refractivity contribution < 1.29 is 0 Å². The fourth-order valence-electron chi connectivity index (χ4n) is 1.60. The lowest BCUT2D eigenvalue weighted by Crippen LogP contribution is -2.39. The number of nitrogens with one attached hydrogen (secondary N) is 1. The van der Waals surface area contributed by atoms with Crippen LogP contribution in [0.2, 0.25) is 0 Å². The summed E-state index contributed by atoms with van der Waals surface area (Å²) >= 11 is 1.75.